The van der Waals surface area contributed by atoms with E-state index in [0.717, 1.165) is 0 Å². The Morgan fingerprint density at radius 1 is 1.45 bits per heavy atom. The molecule has 7 heteroatoms. The first-order chi connectivity index (χ1) is 9.54. The number of hydrogen-bond donors (Lipinski definition) is 3. The number of likely N-dealkylation sites (N-methyl/N-ethyl adjacent to an activating group) is 1. The average molecular weight is 273 g/mol. The second-order valence-electron chi connectivity index (χ2n) is 4.94. The van der Waals surface area contributed by atoms with Gasteiger partial charge in [0.15, 0.2) is 0 Å². The third-order valence-corrected chi connectivity index (χ3v) is 3.47. The quantitative estimate of drug-likeness (QED) is 0.676. The molecular formula is C13H15N5O2. The summed E-state index contributed by atoms with van der Waals surface area (Å²) in [7, 11) is 1.75. The predicted molar refractivity (Wildman–Crippen MR) is 76.4 cm³/mol. The summed E-state index contributed by atoms with van der Waals surface area (Å²) in [6, 6.07) is 4.62. The van der Waals surface area contributed by atoms with Crippen molar-refractivity contribution in [1.29, 1.82) is 0 Å². The highest BCUT2D eigenvalue weighted by molar-refractivity contribution is 5.86. The number of fused-ring (bicyclic) bond motifs is 1. The minimum absolute atomic E-state index is 0.00468. The number of carbonyl (C=O) groups excluding carboxylic acids is 1. The maximum absolute atomic E-state index is 12.0. The third-order valence-electron chi connectivity index (χ3n) is 3.47. The van der Waals surface area contributed by atoms with Crippen LogP contribution in [0.4, 0.5) is 11.6 Å². The number of nitrogens with zero attached hydrogens (tertiary/aromatic N) is 2. The molecule has 0 bridgehead atoms. The molecule has 1 aliphatic rings. The number of anilines is 2. The highest BCUT2D eigenvalue weighted by atomic mass is 16.2. The Bertz CT molecular complexity index is 739. The van der Waals surface area contributed by atoms with Gasteiger partial charge < -0.3 is 16.0 Å². The molecule has 0 aliphatic carbocycles. The SMILES string of the molecule is CN1CCC(Nc2nc3ccc(N)cc3c(=O)[nH]2)C1=O. The zero-order valence-electron chi connectivity index (χ0n) is 11.0. The molecule has 2 heterocycles. The molecule has 1 aromatic carbocycles. The van der Waals surface area contributed by atoms with Crippen molar-refractivity contribution in [3.8, 4) is 0 Å². The number of rotatable bonds is 2. The molecule has 0 spiro atoms. The fourth-order valence-electron chi connectivity index (χ4n) is 2.35. The summed E-state index contributed by atoms with van der Waals surface area (Å²) >= 11 is 0. The predicted octanol–water partition coefficient (Wildman–Crippen LogP) is 0.148. The van der Waals surface area contributed by atoms with Gasteiger partial charge in [-0.2, -0.15) is 0 Å². The van der Waals surface area contributed by atoms with Crippen LogP contribution < -0.4 is 16.6 Å². The number of aromatic amines is 1. The smallest absolute Gasteiger partial charge is 0.260 e. The van der Waals surface area contributed by atoms with Gasteiger partial charge in [0.2, 0.25) is 11.9 Å². The third kappa shape index (κ3) is 2.07. The molecule has 104 valence electrons. The van der Waals surface area contributed by atoms with Crippen LogP contribution in [0.25, 0.3) is 10.9 Å². The van der Waals surface area contributed by atoms with E-state index in [1.807, 2.05) is 0 Å². The van der Waals surface area contributed by atoms with Gasteiger partial charge in [0.1, 0.15) is 6.04 Å². The minimum Gasteiger partial charge on any atom is -0.399 e. The Morgan fingerprint density at radius 3 is 2.95 bits per heavy atom. The van der Waals surface area contributed by atoms with E-state index in [-0.39, 0.29) is 17.5 Å². The van der Waals surface area contributed by atoms with E-state index in [0.29, 0.717) is 35.5 Å². The number of amides is 1. The summed E-state index contributed by atoms with van der Waals surface area (Å²) in [6.07, 6.45) is 0.693. The highest BCUT2D eigenvalue weighted by Gasteiger charge is 2.29. The standard InChI is InChI=1S/C13H15N5O2/c1-18-5-4-10(12(18)20)16-13-15-9-3-2-7(14)6-8(9)11(19)17-13/h2-3,6,10H,4-5,14H2,1H3,(H2,15,16,17,19). The van der Waals surface area contributed by atoms with Gasteiger partial charge in [0, 0.05) is 19.3 Å². The summed E-state index contributed by atoms with van der Waals surface area (Å²) in [5.41, 5.74) is 6.43. The maximum Gasteiger partial charge on any atom is 0.260 e. The van der Waals surface area contributed by atoms with Gasteiger partial charge in [-0.3, -0.25) is 14.6 Å². The van der Waals surface area contributed by atoms with Crippen LogP contribution in [0.5, 0.6) is 0 Å². The molecule has 4 N–H and O–H groups in total. The molecule has 1 aromatic heterocycles. The lowest BCUT2D eigenvalue weighted by atomic mass is 10.2. The molecule has 1 unspecified atom stereocenters. The number of aromatic nitrogens is 2. The van der Waals surface area contributed by atoms with Gasteiger partial charge in [0.25, 0.3) is 5.56 Å². The van der Waals surface area contributed by atoms with E-state index in [1.165, 1.54) is 0 Å². The lowest BCUT2D eigenvalue weighted by Gasteiger charge is -2.12. The molecule has 1 aliphatic heterocycles. The molecule has 2 aromatic rings. The van der Waals surface area contributed by atoms with Crippen molar-refractivity contribution in [3.63, 3.8) is 0 Å². The lowest BCUT2D eigenvalue weighted by molar-refractivity contribution is -0.127. The molecule has 3 rings (SSSR count). The van der Waals surface area contributed by atoms with Crippen molar-refractivity contribution >= 4 is 28.4 Å². The molecular weight excluding hydrogens is 258 g/mol. The Labute approximate surface area is 114 Å². The first-order valence-corrected chi connectivity index (χ1v) is 6.35. The lowest BCUT2D eigenvalue weighted by Crippen LogP contribution is -2.32. The zero-order valence-corrected chi connectivity index (χ0v) is 11.0. The first kappa shape index (κ1) is 12.5. The zero-order chi connectivity index (χ0) is 14.3. The van der Waals surface area contributed by atoms with Gasteiger partial charge in [-0.15, -0.1) is 0 Å². The van der Waals surface area contributed by atoms with E-state index in [2.05, 4.69) is 15.3 Å². The Morgan fingerprint density at radius 2 is 2.25 bits per heavy atom. The first-order valence-electron chi connectivity index (χ1n) is 6.35. The summed E-state index contributed by atoms with van der Waals surface area (Å²) in [5, 5.41) is 3.42. The van der Waals surface area contributed by atoms with Crippen LogP contribution in [-0.4, -0.2) is 40.4 Å². The monoisotopic (exact) mass is 273 g/mol. The fraction of sp³-hybridized carbons (Fsp3) is 0.308. The number of hydrogen-bond acceptors (Lipinski definition) is 5. The van der Waals surface area contributed by atoms with Crippen molar-refractivity contribution in [1.82, 2.24) is 14.9 Å². The number of nitrogens with one attached hydrogen (secondary N) is 2. The van der Waals surface area contributed by atoms with E-state index >= 15 is 0 Å². The molecule has 1 fully saturated rings. The van der Waals surface area contributed by atoms with Gasteiger partial charge in [-0.25, -0.2) is 4.98 Å². The highest BCUT2D eigenvalue weighted by Crippen LogP contribution is 2.16. The number of benzene rings is 1. The molecule has 1 amide bonds. The largest absolute Gasteiger partial charge is 0.399 e. The average Bonchev–Trinajstić information content (AvgIpc) is 2.72. The molecule has 20 heavy (non-hydrogen) atoms. The van der Waals surface area contributed by atoms with E-state index < -0.39 is 0 Å². The van der Waals surface area contributed by atoms with Gasteiger partial charge in [0.05, 0.1) is 10.9 Å². The second-order valence-corrected chi connectivity index (χ2v) is 4.94. The number of nitrogen functional groups attached to an aromatic ring is 1. The fourth-order valence-corrected chi connectivity index (χ4v) is 2.35. The normalized spacial score (nSPS) is 18.8. The molecule has 1 saturated heterocycles. The molecule has 0 radical (unpaired) electrons. The van der Waals surface area contributed by atoms with E-state index in [4.69, 9.17) is 5.73 Å². The number of nitrogens with two attached hydrogens (primary N) is 1. The summed E-state index contributed by atoms with van der Waals surface area (Å²) in [4.78, 5) is 32.4. The molecule has 1 atom stereocenters. The van der Waals surface area contributed by atoms with Crippen molar-refractivity contribution in [2.24, 2.45) is 0 Å². The number of H-pyrrole nitrogens is 1. The second kappa shape index (κ2) is 4.52. The van der Waals surface area contributed by atoms with E-state index in [1.54, 1.807) is 30.1 Å². The van der Waals surface area contributed by atoms with Crippen LogP contribution in [0.2, 0.25) is 0 Å². The van der Waals surface area contributed by atoms with Crippen molar-refractivity contribution in [2.75, 3.05) is 24.6 Å². The number of carbonyl (C=O) groups is 1. The van der Waals surface area contributed by atoms with Crippen molar-refractivity contribution in [3.05, 3.63) is 28.6 Å². The van der Waals surface area contributed by atoms with Crippen LogP contribution in [0, 0.1) is 0 Å². The molecule has 7 nitrogen and oxygen atoms in total. The van der Waals surface area contributed by atoms with Crippen LogP contribution in [0.1, 0.15) is 6.42 Å². The van der Waals surface area contributed by atoms with Gasteiger partial charge >= 0.3 is 0 Å². The van der Waals surface area contributed by atoms with Crippen LogP contribution in [0.3, 0.4) is 0 Å². The molecule has 0 saturated carbocycles. The van der Waals surface area contributed by atoms with Crippen LogP contribution in [0.15, 0.2) is 23.0 Å². The summed E-state index contributed by atoms with van der Waals surface area (Å²) < 4.78 is 0. The van der Waals surface area contributed by atoms with Gasteiger partial charge in [-0.05, 0) is 24.6 Å². The topological polar surface area (TPSA) is 104 Å². The van der Waals surface area contributed by atoms with E-state index in [9.17, 15) is 9.59 Å². The Kier molecular flexibility index (Phi) is 2.81. The van der Waals surface area contributed by atoms with Crippen molar-refractivity contribution in [2.45, 2.75) is 12.5 Å². The summed E-state index contributed by atoms with van der Waals surface area (Å²) in [6.45, 7) is 0.699. The van der Waals surface area contributed by atoms with Gasteiger partial charge in [-0.1, -0.05) is 0 Å². The Hall–Kier alpha value is -2.57. The van der Waals surface area contributed by atoms with Crippen molar-refractivity contribution < 1.29 is 4.79 Å². The Balaban J connectivity index is 1.95. The summed E-state index contributed by atoms with van der Waals surface area (Å²) in [5.74, 6) is 0.311. The minimum atomic E-state index is -0.339. The van der Waals surface area contributed by atoms with Crippen LogP contribution in [-0.2, 0) is 4.79 Å². The number of likely N-dealkylation sites (tertiary alicyclic amines) is 1. The van der Waals surface area contributed by atoms with Crippen LogP contribution >= 0.6 is 0 Å². The maximum atomic E-state index is 12.0.